The highest BCUT2D eigenvalue weighted by molar-refractivity contribution is 7.99. The molecule has 1 fully saturated rings. The number of aromatic nitrogens is 2. The summed E-state index contributed by atoms with van der Waals surface area (Å²) in [5.74, 6) is 2.03. The van der Waals surface area contributed by atoms with E-state index in [4.69, 9.17) is 4.98 Å². The molecule has 0 saturated heterocycles. The number of fused-ring (bicyclic) bond motifs is 1. The maximum absolute atomic E-state index is 4.89. The van der Waals surface area contributed by atoms with Gasteiger partial charge in [-0.2, -0.15) is 11.8 Å². The van der Waals surface area contributed by atoms with Gasteiger partial charge >= 0.3 is 0 Å². The third-order valence-corrected chi connectivity index (χ3v) is 6.05. The molecule has 3 nitrogen and oxygen atoms in total. The van der Waals surface area contributed by atoms with Crippen molar-refractivity contribution >= 4 is 11.8 Å². The van der Waals surface area contributed by atoms with E-state index >= 15 is 0 Å². The number of hydrogen-bond donors (Lipinski definition) is 1. The van der Waals surface area contributed by atoms with Crippen molar-refractivity contribution in [2.45, 2.75) is 75.3 Å². The minimum atomic E-state index is 0.462. The van der Waals surface area contributed by atoms with Gasteiger partial charge in [-0.15, -0.1) is 0 Å². The lowest BCUT2D eigenvalue weighted by Gasteiger charge is -2.18. The molecular formula is C17H27N3S. The molecule has 3 rings (SSSR count). The van der Waals surface area contributed by atoms with Crippen LogP contribution in [-0.2, 0) is 12.2 Å². The zero-order valence-corrected chi connectivity index (χ0v) is 13.9. The number of hydrogen-bond acceptors (Lipinski definition) is 4. The van der Waals surface area contributed by atoms with Crippen molar-refractivity contribution in [3.05, 3.63) is 23.3 Å². The molecule has 1 heterocycles. The molecule has 0 bridgehead atoms. The van der Waals surface area contributed by atoms with Crippen LogP contribution < -0.4 is 5.32 Å². The first-order chi connectivity index (χ1) is 10.4. The lowest BCUT2D eigenvalue weighted by Crippen LogP contribution is -2.22. The summed E-state index contributed by atoms with van der Waals surface area (Å²) in [6.45, 7) is 3.20. The Hall–Kier alpha value is -0.610. The predicted molar refractivity (Wildman–Crippen MR) is 89.6 cm³/mol. The summed E-state index contributed by atoms with van der Waals surface area (Å²) in [4.78, 5) is 9.55. The van der Waals surface area contributed by atoms with E-state index in [0.29, 0.717) is 6.04 Å². The minimum absolute atomic E-state index is 0.462. The molecule has 4 heteroatoms. The van der Waals surface area contributed by atoms with E-state index in [1.165, 1.54) is 56.2 Å². The summed E-state index contributed by atoms with van der Waals surface area (Å²) in [7, 11) is 0. The van der Waals surface area contributed by atoms with Gasteiger partial charge in [0, 0.05) is 28.7 Å². The van der Waals surface area contributed by atoms with E-state index in [1.54, 1.807) is 0 Å². The minimum Gasteiger partial charge on any atom is -0.310 e. The van der Waals surface area contributed by atoms with Crippen molar-refractivity contribution < 1.29 is 0 Å². The van der Waals surface area contributed by atoms with Crippen LogP contribution in [0.2, 0.25) is 0 Å². The molecule has 2 aliphatic carbocycles. The van der Waals surface area contributed by atoms with Gasteiger partial charge in [0.25, 0.3) is 0 Å². The van der Waals surface area contributed by atoms with Gasteiger partial charge < -0.3 is 5.32 Å². The largest absolute Gasteiger partial charge is 0.310 e. The number of rotatable bonds is 5. The zero-order chi connectivity index (χ0) is 14.5. The highest BCUT2D eigenvalue weighted by Crippen LogP contribution is 2.32. The fraction of sp³-hybridized carbons (Fsp3) is 0.765. The summed E-state index contributed by atoms with van der Waals surface area (Å²) in [5, 5.41) is 4.44. The van der Waals surface area contributed by atoms with Crippen LogP contribution in [0.5, 0.6) is 0 Å². The van der Waals surface area contributed by atoms with Crippen LogP contribution in [0.4, 0.5) is 0 Å². The first-order valence-corrected chi connectivity index (χ1v) is 9.61. The molecule has 1 N–H and O–H groups in total. The molecule has 0 aliphatic heterocycles. The highest BCUT2D eigenvalue weighted by atomic mass is 32.2. The van der Waals surface area contributed by atoms with Gasteiger partial charge in [-0.1, -0.05) is 26.2 Å². The van der Waals surface area contributed by atoms with E-state index in [2.05, 4.69) is 35.2 Å². The van der Waals surface area contributed by atoms with Crippen molar-refractivity contribution in [2.75, 3.05) is 6.54 Å². The topological polar surface area (TPSA) is 37.8 Å². The molecule has 1 aromatic heterocycles. The SMILES string of the molecule is CCNC1CCCCc2nc(CSC3CCCC3)ncc21. The monoisotopic (exact) mass is 305 g/mol. The van der Waals surface area contributed by atoms with Crippen LogP contribution >= 0.6 is 11.8 Å². The summed E-state index contributed by atoms with van der Waals surface area (Å²) in [6.07, 6.45) is 12.6. The molecule has 21 heavy (non-hydrogen) atoms. The molecule has 1 aromatic rings. The maximum Gasteiger partial charge on any atom is 0.138 e. The second-order valence-corrected chi connectivity index (χ2v) is 7.55. The Morgan fingerprint density at radius 1 is 1.19 bits per heavy atom. The molecule has 1 saturated carbocycles. The predicted octanol–water partition coefficient (Wildman–Crippen LogP) is 4.03. The van der Waals surface area contributed by atoms with Crippen molar-refractivity contribution in [1.82, 2.24) is 15.3 Å². The van der Waals surface area contributed by atoms with Gasteiger partial charge in [0.15, 0.2) is 0 Å². The molecule has 2 aliphatic rings. The molecular weight excluding hydrogens is 278 g/mol. The Balaban J connectivity index is 1.68. The second kappa shape index (κ2) is 7.59. The normalized spacial score (nSPS) is 23.0. The van der Waals surface area contributed by atoms with Crippen molar-refractivity contribution in [3.8, 4) is 0 Å². The first kappa shape index (κ1) is 15.3. The number of nitrogens with zero attached hydrogens (tertiary/aromatic N) is 2. The van der Waals surface area contributed by atoms with Crippen LogP contribution in [0.1, 0.15) is 75.0 Å². The van der Waals surface area contributed by atoms with Crippen LogP contribution in [0.25, 0.3) is 0 Å². The summed E-state index contributed by atoms with van der Waals surface area (Å²) in [5.41, 5.74) is 2.65. The number of thioether (sulfide) groups is 1. The van der Waals surface area contributed by atoms with E-state index in [-0.39, 0.29) is 0 Å². The maximum atomic E-state index is 4.89. The third-order valence-electron chi connectivity index (χ3n) is 4.68. The fourth-order valence-corrected chi connectivity index (χ4v) is 4.72. The highest BCUT2D eigenvalue weighted by Gasteiger charge is 2.21. The van der Waals surface area contributed by atoms with E-state index in [9.17, 15) is 0 Å². The fourth-order valence-electron chi connectivity index (χ4n) is 3.53. The number of nitrogens with one attached hydrogen (secondary N) is 1. The molecule has 1 unspecified atom stereocenters. The Morgan fingerprint density at radius 2 is 2.00 bits per heavy atom. The van der Waals surface area contributed by atoms with Gasteiger partial charge in [-0.3, -0.25) is 0 Å². The lowest BCUT2D eigenvalue weighted by molar-refractivity contribution is 0.502. The average Bonchev–Trinajstić information content (AvgIpc) is 2.94. The standard InChI is InChI=1S/C17H27N3S/c1-2-18-15-9-5-6-10-16-14(15)11-19-17(20-16)12-21-13-7-3-4-8-13/h11,13,15,18H,2-10,12H2,1H3. The van der Waals surface area contributed by atoms with Gasteiger partial charge in [0.2, 0.25) is 0 Å². The van der Waals surface area contributed by atoms with Crippen LogP contribution in [0.15, 0.2) is 6.20 Å². The molecule has 1 atom stereocenters. The lowest BCUT2D eigenvalue weighted by atomic mass is 10.1. The molecule has 0 radical (unpaired) electrons. The van der Waals surface area contributed by atoms with Crippen molar-refractivity contribution in [1.29, 1.82) is 0 Å². The molecule has 0 aromatic carbocycles. The van der Waals surface area contributed by atoms with Crippen LogP contribution in [0.3, 0.4) is 0 Å². The Bertz CT molecular complexity index is 457. The molecule has 0 amide bonds. The van der Waals surface area contributed by atoms with E-state index in [1.807, 2.05) is 0 Å². The third kappa shape index (κ3) is 3.98. The summed E-state index contributed by atoms with van der Waals surface area (Å²) in [6, 6.07) is 0.462. The van der Waals surface area contributed by atoms with Crippen LogP contribution in [0, 0.1) is 0 Å². The van der Waals surface area contributed by atoms with Gasteiger partial charge in [-0.25, -0.2) is 9.97 Å². The van der Waals surface area contributed by atoms with Crippen LogP contribution in [-0.4, -0.2) is 21.8 Å². The second-order valence-electron chi connectivity index (χ2n) is 6.26. The Morgan fingerprint density at radius 3 is 2.81 bits per heavy atom. The summed E-state index contributed by atoms with van der Waals surface area (Å²) < 4.78 is 0. The smallest absolute Gasteiger partial charge is 0.138 e. The first-order valence-electron chi connectivity index (χ1n) is 8.56. The van der Waals surface area contributed by atoms with Gasteiger partial charge in [0.05, 0.1) is 5.75 Å². The quantitative estimate of drug-likeness (QED) is 0.834. The Kier molecular flexibility index (Phi) is 5.53. The van der Waals surface area contributed by atoms with Crippen molar-refractivity contribution in [2.24, 2.45) is 0 Å². The zero-order valence-electron chi connectivity index (χ0n) is 13.1. The summed E-state index contributed by atoms with van der Waals surface area (Å²) >= 11 is 2.06. The van der Waals surface area contributed by atoms with Gasteiger partial charge in [-0.05, 0) is 38.6 Å². The molecule has 116 valence electrons. The average molecular weight is 305 g/mol. The number of aryl methyl sites for hydroxylation is 1. The van der Waals surface area contributed by atoms with E-state index in [0.717, 1.165) is 29.8 Å². The van der Waals surface area contributed by atoms with Crippen molar-refractivity contribution in [3.63, 3.8) is 0 Å². The molecule has 0 spiro atoms. The van der Waals surface area contributed by atoms with Gasteiger partial charge in [0.1, 0.15) is 5.82 Å². The van der Waals surface area contributed by atoms with E-state index < -0.39 is 0 Å². The Labute approximate surface area is 132 Å².